The highest BCUT2D eigenvalue weighted by Crippen LogP contribution is 2.38. The number of carbonyl (C=O) groups excluding carboxylic acids is 1. The third-order valence-electron chi connectivity index (χ3n) is 4.42. The third-order valence-corrected chi connectivity index (χ3v) is 4.42. The summed E-state index contributed by atoms with van der Waals surface area (Å²) < 4.78 is 5.38. The smallest absolute Gasteiger partial charge is 0.278 e. The number of nitrogens with zero attached hydrogens (tertiary/aromatic N) is 2. The molecule has 0 aliphatic heterocycles. The molecular formula is C17H21N3O2. The fraction of sp³-hybridized carbons (Fsp3) is 0.471. The van der Waals surface area contributed by atoms with Crippen LogP contribution in [0.3, 0.4) is 0 Å². The predicted octanol–water partition coefficient (Wildman–Crippen LogP) is 3.47. The van der Waals surface area contributed by atoms with E-state index in [1.165, 1.54) is 0 Å². The summed E-state index contributed by atoms with van der Waals surface area (Å²) in [7, 11) is 0. The Morgan fingerprint density at radius 2 is 2.05 bits per heavy atom. The molecule has 0 saturated heterocycles. The van der Waals surface area contributed by atoms with Gasteiger partial charge in [0, 0.05) is 30.1 Å². The van der Waals surface area contributed by atoms with Gasteiger partial charge in [-0.3, -0.25) is 9.78 Å². The second kappa shape index (κ2) is 5.55. The van der Waals surface area contributed by atoms with Crippen molar-refractivity contribution in [3.05, 3.63) is 41.5 Å². The van der Waals surface area contributed by atoms with Crippen LogP contribution in [0.4, 0.5) is 5.69 Å². The van der Waals surface area contributed by atoms with E-state index >= 15 is 0 Å². The zero-order valence-electron chi connectivity index (χ0n) is 13.2. The number of anilines is 1. The molecule has 1 atom stereocenters. The molecule has 2 aromatic heterocycles. The topological polar surface area (TPSA) is 68.0 Å². The maximum Gasteiger partial charge on any atom is 0.278 e. The van der Waals surface area contributed by atoms with E-state index in [2.05, 4.69) is 36.2 Å². The minimum atomic E-state index is -0.217. The standard InChI is InChI=1S/C17H21N3O2/c1-17(2,3)11-4-5-14-13(10-11)15(20-22-14)16(21)19-12-6-8-18-9-7-12/h6-9,11H,4-5,10H2,1-3H3,(H,18,19,21)/t11-/m0/s1. The summed E-state index contributed by atoms with van der Waals surface area (Å²) in [6.07, 6.45) is 6.07. The summed E-state index contributed by atoms with van der Waals surface area (Å²) in [6.45, 7) is 6.73. The van der Waals surface area contributed by atoms with Crippen LogP contribution in [0.25, 0.3) is 0 Å². The van der Waals surface area contributed by atoms with Crippen LogP contribution in [-0.4, -0.2) is 16.0 Å². The number of hydrogen-bond donors (Lipinski definition) is 1. The minimum absolute atomic E-state index is 0.216. The van der Waals surface area contributed by atoms with Gasteiger partial charge >= 0.3 is 0 Å². The van der Waals surface area contributed by atoms with Crippen LogP contribution in [-0.2, 0) is 12.8 Å². The molecule has 5 nitrogen and oxygen atoms in total. The van der Waals surface area contributed by atoms with Crippen LogP contribution in [0.5, 0.6) is 0 Å². The quantitative estimate of drug-likeness (QED) is 0.922. The Morgan fingerprint density at radius 3 is 2.73 bits per heavy atom. The van der Waals surface area contributed by atoms with Crippen molar-refractivity contribution in [2.45, 2.75) is 40.0 Å². The zero-order chi connectivity index (χ0) is 15.7. The summed E-state index contributed by atoms with van der Waals surface area (Å²) in [6, 6.07) is 3.50. The van der Waals surface area contributed by atoms with Gasteiger partial charge in [-0.15, -0.1) is 0 Å². The lowest BCUT2D eigenvalue weighted by Crippen LogP contribution is -2.27. The lowest BCUT2D eigenvalue weighted by molar-refractivity contribution is 0.101. The van der Waals surface area contributed by atoms with Crippen molar-refractivity contribution >= 4 is 11.6 Å². The Balaban J connectivity index is 1.82. The Kier molecular flexibility index (Phi) is 3.72. The molecule has 2 aromatic rings. The van der Waals surface area contributed by atoms with Gasteiger partial charge in [-0.2, -0.15) is 0 Å². The van der Waals surface area contributed by atoms with Gasteiger partial charge in [0.25, 0.3) is 5.91 Å². The van der Waals surface area contributed by atoms with Gasteiger partial charge in [0.2, 0.25) is 0 Å². The first-order chi connectivity index (χ1) is 10.4. The van der Waals surface area contributed by atoms with Crippen LogP contribution >= 0.6 is 0 Å². The number of hydrogen-bond acceptors (Lipinski definition) is 4. The zero-order valence-corrected chi connectivity index (χ0v) is 13.2. The first-order valence-corrected chi connectivity index (χ1v) is 7.64. The van der Waals surface area contributed by atoms with E-state index in [1.807, 2.05) is 0 Å². The molecule has 1 aliphatic carbocycles. The van der Waals surface area contributed by atoms with Gasteiger partial charge < -0.3 is 9.84 Å². The molecule has 0 radical (unpaired) electrons. The highest BCUT2D eigenvalue weighted by atomic mass is 16.5. The molecule has 1 aliphatic rings. The fourth-order valence-corrected chi connectivity index (χ4v) is 2.95. The summed E-state index contributed by atoms with van der Waals surface area (Å²) in [4.78, 5) is 16.4. The van der Waals surface area contributed by atoms with Gasteiger partial charge in [0.05, 0.1) is 0 Å². The van der Waals surface area contributed by atoms with E-state index in [4.69, 9.17) is 4.52 Å². The Hall–Kier alpha value is -2.17. The molecule has 0 bridgehead atoms. The SMILES string of the molecule is CC(C)(C)[C@H]1CCc2onc(C(=O)Nc3ccncc3)c2C1. The largest absolute Gasteiger partial charge is 0.360 e. The van der Waals surface area contributed by atoms with Crippen molar-refractivity contribution in [2.75, 3.05) is 5.32 Å². The molecule has 1 amide bonds. The van der Waals surface area contributed by atoms with Gasteiger partial charge in [-0.05, 0) is 36.3 Å². The average molecular weight is 299 g/mol. The second-order valence-electron chi connectivity index (χ2n) is 6.93. The van der Waals surface area contributed by atoms with Crippen molar-refractivity contribution in [3.63, 3.8) is 0 Å². The van der Waals surface area contributed by atoms with Crippen molar-refractivity contribution in [1.82, 2.24) is 10.1 Å². The normalized spacial score (nSPS) is 17.9. The van der Waals surface area contributed by atoms with Crippen molar-refractivity contribution < 1.29 is 9.32 Å². The lowest BCUT2D eigenvalue weighted by atomic mass is 9.71. The van der Waals surface area contributed by atoms with Gasteiger partial charge in [0.1, 0.15) is 5.76 Å². The third kappa shape index (κ3) is 2.89. The second-order valence-corrected chi connectivity index (χ2v) is 6.93. The van der Waals surface area contributed by atoms with Crippen LogP contribution < -0.4 is 5.32 Å². The molecular weight excluding hydrogens is 278 g/mol. The Labute approximate surface area is 130 Å². The molecule has 0 fully saturated rings. The fourth-order valence-electron chi connectivity index (χ4n) is 2.95. The number of aromatic nitrogens is 2. The molecule has 1 N–H and O–H groups in total. The first-order valence-electron chi connectivity index (χ1n) is 7.64. The summed E-state index contributed by atoms with van der Waals surface area (Å²) in [5.41, 5.74) is 2.31. The van der Waals surface area contributed by atoms with Crippen molar-refractivity contribution in [2.24, 2.45) is 11.3 Å². The van der Waals surface area contributed by atoms with Crippen LogP contribution in [0.15, 0.2) is 29.0 Å². The van der Waals surface area contributed by atoms with Crippen molar-refractivity contribution in [1.29, 1.82) is 0 Å². The number of aryl methyl sites for hydroxylation is 1. The van der Waals surface area contributed by atoms with Gasteiger partial charge in [-0.25, -0.2) is 0 Å². The molecule has 22 heavy (non-hydrogen) atoms. The molecule has 0 aromatic carbocycles. The molecule has 0 spiro atoms. The number of rotatable bonds is 2. The predicted molar refractivity (Wildman–Crippen MR) is 83.7 cm³/mol. The van der Waals surface area contributed by atoms with Gasteiger partial charge in [0.15, 0.2) is 5.69 Å². The van der Waals surface area contributed by atoms with E-state index in [1.54, 1.807) is 24.5 Å². The Bertz CT molecular complexity index is 671. The summed E-state index contributed by atoms with van der Waals surface area (Å²) in [5.74, 6) is 1.18. The number of fused-ring (bicyclic) bond motifs is 1. The van der Waals surface area contributed by atoms with Crippen LogP contribution in [0.1, 0.15) is 49.0 Å². The van der Waals surface area contributed by atoms with E-state index in [0.717, 1.165) is 30.6 Å². The van der Waals surface area contributed by atoms with E-state index in [0.29, 0.717) is 17.3 Å². The monoisotopic (exact) mass is 299 g/mol. The highest BCUT2D eigenvalue weighted by Gasteiger charge is 2.34. The molecule has 3 rings (SSSR count). The average Bonchev–Trinajstić information content (AvgIpc) is 2.90. The maximum atomic E-state index is 12.4. The Morgan fingerprint density at radius 1 is 1.32 bits per heavy atom. The van der Waals surface area contributed by atoms with Crippen LogP contribution in [0.2, 0.25) is 0 Å². The molecule has 116 valence electrons. The molecule has 5 heteroatoms. The molecule has 0 unspecified atom stereocenters. The maximum absolute atomic E-state index is 12.4. The molecule has 0 saturated carbocycles. The number of pyridine rings is 1. The number of nitrogens with one attached hydrogen (secondary N) is 1. The van der Waals surface area contributed by atoms with E-state index in [9.17, 15) is 4.79 Å². The van der Waals surface area contributed by atoms with Crippen molar-refractivity contribution in [3.8, 4) is 0 Å². The molecule has 2 heterocycles. The number of carbonyl (C=O) groups is 1. The summed E-state index contributed by atoms with van der Waals surface area (Å²) in [5, 5.41) is 6.85. The van der Waals surface area contributed by atoms with Crippen LogP contribution in [0, 0.1) is 11.3 Å². The van der Waals surface area contributed by atoms with Gasteiger partial charge in [-0.1, -0.05) is 25.9 Å². The summed E-state index contributed by atoms with van der Waals surface area (Å²) >= 11 is 0. The first kappa shape index (κ1) is 14.8. The highest BCUT2D eigenvalue weighted by molar-refractivity contribution is 6.03. The van der Waals surface area contributed by atoms with E-state index < -0.39 is 0 Å². The lowest BCUT2D eigenvalue weighted by Gasteiger charge is -2.33. The number of amides is 1. The minimum Gasteiger partial charge on any atom is -0.360 e. The van der Waals surface area contributed by atoms with E-state index in [-0.39, 0.29) is 11.3 Å².